The van der Waals surface area contributed by atoms with Crippen LogP contribution in [0.5, 0.6) is 11.5 Å². The fourth-order valence-electron chi connectivity index (χ4n) is 2.65. The van der Waals surface area contributed by atoms with Crippen LogP contribution in [0.2, 0.25) is 0 Å². The zero-order chi connectivity index (χ0) is 18.4. The van der Waals surface area contributed by atoms with Crippen LogP contribution in [0, 0.1) is 0 Å². The van der Waals surface area contributed by atoms with E-state index in [0.717, 1.165) is 12.8 Å². The fraction of sp³-hybridized carbons (Fsp3) is 0.300. The molecule has 2 aromatic rings. The van der Waals surface area contributed by atoms with Gasteiger partial charge in [-0.3, -0.25) is 4.79 Å². The molecule has 0 fully saturated rings. The predicted molar refractivity (Wildman–Crippen MR) is 95.2 cm³/mol. The highest BCUT2D eigenvalue weighted by Gasteiger charge is 2.18. The molecule has 0 aromatic heterocycles. The maximum atomic E-state index is 12.0. The minimum atomic E-state index is -0.574. The smallest absolute Gasteiger partial charge is 0.338 e. The molecule has 6 nitrogen and oxygen atoms in total. The second-order valence-corrected chi connectivity index (χ2v) is 6.14. The Balaban J connectivity index is 1.41. The van der Waals surface area contributed by atoms with Crippen LogP contribution >= 0.6 is 0 Å². The summed E-state index contributed by atoms with van der Waals surface area (Å²) in [6, 6.07) is 14.8. The molecule has 0 saturated carbocycles. The van der Waals surface area contributed by atoms with Crippen molar-refractivity contribution in [3.8, 4) is 11.5 Å². The van der Waals surface area contributed by atoms with E-state index >= 15 is 0 Å². The van der Waals surface area contributed by atoms with Crippen LogP contribution in [0.3, 0.4) is 0 Å². The largest absolute Gasteiger partial charge is 0.454 e. The maximum absolute atomic E-state index is 12.0. The van der Waals surface area contributed by atoms with Gasteiger partial charge >= 0.3 is 5.97 Å². The molecule has 0 bridgehead atoms. The summed E-state index contributed by atoms with van der Waals surface area (Å²) in [6.07, 6.45) is 1.69. The highest BCUT2D eigenvalue weighted by Crippen LogP contribution is 2.32. The summed E-state index contributed by atoms with van der Waals surface area (Å²) in [7, 11) is 0. The monoisotopic (exact) mass is 355 g/mol. The Bertz CT molecular complexity index is 775. The predicted octanol–water partition coefficient (Wildman–Crippen LogP) is 2.71. The zero-order valence-electron chi connectivity index (χ0n) is 14.6. The van der Waals surface area contributed by atoms with E-state index in [9.17, 15) is 9.59 Å². The molecule has 3 rings (SSSR count). The first kappa shape index (κ1) is 17.8. The summed E-state index contributed by atoms with van der Waals surface area (Å²) in [5.41, 5.74) is 1.54. The van der Waals surface area contributed by atoms with E-state index in [1.165, 1.54) is 5.56 Å². The van der Waals surface area contributed by atoms with Crippen molar-refractivity contribution in [1.29, 1.82) is 0 Å². The van der Waals surface area contributed by atoms with Crippen LogP contribution in [0.15, 0.2) is 48.5 Å². The van der Waals surface area contributed by atoms with Gasteiger partial charge in [0.05, 0.1) is 5.56 Å². The van der Waals surface area contributed by atoms with Gasteiger partial charge in [-0.1, -0.05) is 30.3 Å². The van der Waals surface area contributed by atoms with Crippen LogP contribution in [-0.4, -0.2) is 31.3 Å². The van der Waals surface area contributed by atoms with E-state index in [1.807, 2.05) is 25.1 Å². The first-order valence-electron chi connectivity index (χ1n) is 8.52. The molecule has 26 heavy (non-hydrogen) atoms. The summed E-state index contributed by atoms with van der Waals surface area (Å²) >= 11 is 0. The van der Waals surface area contributed by atoms with Gasteiger partial charge in [-0.15, -0.1) is 0 Å². The summed E-state index contributed by atoms with van der Waals surface area (Å²) in [6.45, 7) is 1.75. The number of esters is 1. The van der Waals surface area contributed by atoms with Crippen molar-refractivity contribution < 1.29 is 23.8 Å². The summed E-state index contributed by atoms with van der Waals surface area (Å²) < 4.78 is 15.5. The molecule has 1 heterocycles. The Morgan fingerprint density at radius 3 is 2.69 bits per heavy atom. The number of hydrogen-bond acceptors (Lipinski definition) is 5. The number of carbonyl (C=O) groups excluding carboxylic acids is 2. The standard InChI is InChI=1S/C20H21NO5/c1-14(7-8-15-5-3-2-4-6-15)21-19(22)12-24-20(23)16-9-10-17-18(11-16)26-13-25-17/h2-6,9-11,14H,7-8,12-13H2,1H3,(H,21,22). The van der Waals surface area contributed by atoms with Crippen molar-refractivity contribution >= 4 is 11.9 Å². The number of nitrogens with one attached hydrogen (secondary N) is 1. The molecule has 1 unspecified atom stereocenters. The van der Waals surface area contributed by atoms with Crippen LogP contribution in [-0.2, 0) is 16.0 Å². The van der Waals surface area contributed by atoms with Crippen molar-refractivity contribution in [2.75, 3.05) is 13.4 Å². The van der Waals surface area contributed by atoms with Crippen LogP contribution in [0.25, 0.3) is 0 Å². The first-order valence-corrected chi connectivity index (χ1v) is 8.52. The third kappa shape index (κ3) is 4.75. The number of hydrogen-bond donors (Lipinski definition) is 1. The van der Waals surface area contributed by atoms with Gasteiger partial charge in [0, 0.05) is 6.04 Å². The lowest BCUT2D eigenvalue weighted by atomic mass is 10.1. The van der Waals surface area contributed by atoms with Crippen molar-refractivity contribution in [3.05, 3.63) is 59.7 Å². The average Bonchev–Trinajstić information content (AvgIpc) is 3.13. The summed E-state index contributed by atoms with van der Waals surface area (Å²) in [5, 5.41) is 2.84. The van der Waals surface area contributed by atoms with Gasteiger partial charge in [-0.05, 0) is 43.5 Å². The van der Waals surface area contributed by atoms with Crippen molar-refractivity contribution in [2.45, 2.75) is 25.8 Å². The van der Waals surface area contributed by atoms with E-state index in [1.54, 1.807) is 18.2 Å². The highest BCUT2D eigenvalue weighted by molar-refractivity contribution is 5.92. The number of amides is 1. The summed E-state index contributed by atoms with van der Waals surface area (Å²) in [4.78, 5) is 24.0. The van der Waals surface area contributed by atoms with Gasteiger partial charge < -0.3 is 19.5 Å². The first-order chi connectivity index (χ1) is 12.6. The number of aryl methyl sites for hydroxylation is 1. The van der Waals surface area contributed by atoms with Crippen molar-refractivity contribution in [1.82, 2.24) is 5.32 Å². The van der Waals surface area contributed by atoms with E-state index in [-0.39, 0.29) is 25.3 Å². The minimum Gasteiger partial charge on any atom is -0.454 e. The van der Waals surface area contributed by atoms with Gasteiger partial charge in [0.2, 0.25) is 6.79 Å². The van der Waals surface area contributed by atoms with Gasteiger partial charge in [-0.2, -0.15) is 0 Å². The van der Waals surface area contributed by atoms with Crippen LogP contribution in [0.4, 0.5) is 0 Å². The third-order valence-electron chi connectivity index (χ3n) is 4.06. The molecule has 0 spiro atoms. The molecule has 6 heteroatoms. The van der Waals surface area contributed by atoms with Gasteiger partial charge in [0.25, 0.3) is 5.91 Å². The Kier molecular flexibility index (Phi) is 5.73. The Hall–Kier alpha value is -3.02. The molecular weight excluding hydrogens is 334 g/mol. The lowest BCUT2D eigenvalue weighted by Crippen LogP contribution is -2.36. The molecule has 0 radical (unpaired) electrons. The Morgan fingerprint density at radius 2 is 1.88 bits per heavy atom. The lowest BCUT2D eigenvalue weighted by molar-refractivity contribution is -0.124. The molecule has 0 saturated heterocycles. The molecule has 1 aliphatic heterocycles. The van der Waals surface area contributed by atoms with E-state index in [4.69, 9.17) is 14.2 Å². The molecule has 1 aliphatic rings. The van der Waals surface area contributed by atoms with Gasteiger partial charge in [0.15, 0.2) is 18.1 Å². The molecule has 136 valence electrons. The lowest BCUT2D eigenvalue weighted by Gasteiger charge is -2.14. The molecular formula is C20H21NO5. The molecule has 1 atom stereocenters. The van der Waals surface area contributed by atoms with Crippen molar-refractivity contribution in [3.63, 3.8) is 0 Å². The van der Waals surface area contributed by atoms with E-state index < -0.39 is 5.97 Å². The fourth-order valence-corrected chi connectivity index (χ4v) is 2.65. The second-order valence-electron chi connectivity index (χ2n) is 6.14. The average molecular weight is 355 g/mol. The quantitative estimate of drug-likeness (QED) is 0.773. The maximum Gasteiger partial charge on any atom is 0.338 e. The van der Waals surface area contributed by atoms with Gasteiger partial charge in [0.1, 0.15) is 0 Å². The van der Waals surface area contributed by atoms with Gasteiger partial charge in [-0.25, -0.2) is 4.79 Å². The molecule has 2 aromatic carbocycles. The SMILES string of the molecule is CC(CCc1ccccc1)NC(=O)COC(=O)c1ccc2c(c1)OCO2. The molecule has 1 amide bonds. The number of fused-ring (bicyclic) bond motifs is 1. The number of ether oxygens (including phenoxy) is 3. The topological polar surface area (TPSA) is 73.9 Å². The number of rotatable bonds is 7. The van der Waals surface area contributed by atoms with E-state index in [2.05, 4.69) is 17.4 Å². The number of benzene rings is 2. The zero-order valence-corrected chi connectivity index (χ0v) is 14.6. The van der Waals surface area contributed by atoms with E-state index in [0.29, 0.717) is 17.1 Å². The van der Waals surface area contributed by atoms with Crippen LogP contribution < -0.4 is 14.8 Å². The molecule has 0 aliphatic carbocycles. The minimum absolute atomic E-state index is 0.00745. The van der Waals surface area contributed by atoms with Crippen molar-refractivity contribution in [2.24, 2.45) is 0 Å². The third-order valence-corrected chi connectivity index (χ3v) is 4.06. The molecule has 1 N–H and O–H groups in total. The summed E-state index contributed by atoms with van der Waals surface area (Å²) in [5.74, 6) is 0.194. The highest BCUT2D eigenvalue weighted by atomic mass is 16.7. The van der Waals surface area contributed by atoms with Crippen LogP contribution in [0.1, 0.15) is 29.3 Å². The number of carbonyl (C=O) groups is 2. The Morgan fingerprint density at radius 1 is 1.12 bits per heavy atom. The Labute approximate surface area is 152 Å². The normalized spacial score (nSPS) is 13.1. The second kappa shape index (κ2) is 8.38.